The van der Waals surface area contributed by atoms with Gasteiger partial charge in [-0.2, -0.15) is 13.2 Å². The minimum absolute atomic E-state index is 0.198. The van der Waals surface area contributed by atoms with E-state index in [9.17, 15) is 18.0 Å². The third kappa shape index (κ3) is 3.22. The lowest BCUT2D eigenvalue weighted by Gasteiger charge is -2.19. The van der Waals surface area contributed by atoms with E-state index in [4.69, 9.17) is 4.74 Å². The fourth-order valence-corrected chi connectivity index (χ4v) is 3.91. The lowest BCUT2D eigenvalue weighted by Crippen LogP contribution is -2.26. The van der Waals surface area contributed by atoms with Gasteiger partial charge in [-0.1, -0.05) is 48.6 Å². The molecule has 1 aliphatic heterocycles. The van der Waals surface area contributed by atoms with Crippen LogP contribution in [-0.4, -0.2) is 17.9 Å². The van der Waals surface area contributed by atoms with Crippen molar-refractivity contribution in [3.63, 3.8) is 0 Å². The molecular weight excluding hydrogens is 379 g/mol. The molecule has 1 saturated carbocycles. The zero-order valence-electron chi connectivity index (χ0n) is 15.4. The first-order valence-corrected chi connectivity index (χ1v) is 9.58. The summed E-state index contributed by atoms with van der Waals surface area (Å²) in [7, 11) is 0. The maximum atomic E-state index is 13.3. The van der Waals surface area contributed by atoms with Crippen molar-refractivity contribution in [2.24, 2.45) is 0 Å². The van der Waals surface area contributed by atoms with E-state index in [1.165, 1.54) is 12.1 Å². The van der Waals surface area contributed by atoms with Crippen molar-refractivity contribution in [2.75, 3.05) is 0 Å². The lowest BCUT2D eigenvalue weighted by molar-refractivity contribution is -0.137. The summed E-state index contributed by atoms with van der Waals surface area (Å²) >= 11 is 0. The number of benzene rings is 2. The Kier molecular flexibility index (Phi) is 4.05. The fourth-order valence-electron chi connectivity index (χ4n) is 3.91. The number of hydrogen-bond acceptors (Lipinski definition) is 3. The highest BCUT2D eigenvalue weighted by Gasteiger charge is 2.44. The zero-order valence-corrected chi connectivity index (χ0v) is 15.4. The van der Waals surface area contributed by atoms with Gasteiger partial charge in [0.25, 0.3) is 0 Å². The van der Waals surface area contributed by atoms with Crippen LogP contribution in [0.1, 0.15) is 41.0 Å². The van der Waals surface area contributed by atoms with Crippen LogP contribution in [0.3, 0.4) is 0 Å². The highest BCUT2D eigenvalue weighted by molar-refractivity contribution is 6.25. The van der Waals surface area contributed by atoms with Gasteiger partial charge in [-0.05, 0) is 41.7 Å². The average molecular weight is 397 g/mol. The molecule has 2 atom stereocenters. The van der Waals surface area contributed by atoms with Gasteiger partial charge in [0.15, 0.2) is 12.0 Å². The summed E-state index contributed by atoms with van der Waals surface area (Å²) < 4.78 is 45.6. The van der Waals surface area contributed by atoms with Crippen molar-refractivity contribution in [1.29, 1.82) is 0 Å². The highest BCUT2D eigenvalue weighted by atomic mass is 19.4. The lowest BCUT2D eigenvalue weighted by atomic mass is 9.89. The Bertz CT molecular complexity index is 1050. The van der Waals surface area contributed by atoms with Crippen molar-refractivity contribution in [3.8, 4) is 0 Å². The number of rotatable bonds is 4. The second kappa shape index (κ2) is 6.51. The molecule has 0 radical (unpaired) electrons. The van der Waals surface area contributed by atoms with Gasteiger partial charge < -0.3 is 10.1 Å². The quantitative estimate of drug-likeness (QED) is 0.797. The number of carbonyl (C=O) groups excluding carboxylic acids is 1. The summed E-state index contributed by atoms with van der Waals surface area (Å²) in [6, 6.07) is 12.8. The van der Waals surface area contributed by atoms with Crippen LogP contribution in [0.15, 0.2) is 60.5 Å². The molecule has 1 fully saturated rings. The number of ketones is 1. The van der Waals surface area contributed by atoms with Crippen LogP contribution in [0.25, 0.3) is 11.6 Å². The predicted molar refractivity (Wildman–Crippen MR) is 103 cm³/mol. The van der Waals surface area contributed by atoms with Crippen molar-refractivity contribution in [3.05, 3.63) is 82.7 Å². The number of Topliss-reactive ketones (excluding diaryl/α,β-unsaturated/α-hetero) is 1. The van der Waals surface area contributed by atoms with Crippen molar-refractivity contribution in [1.82, 2.24) is 5.32 Å². The standard InChI is InChI=1S/C23H18F3NO2/c24-23(25,26)15-6-3-5-14(12-15)19-20(28)21(29-22(19)27-16-9-10-16)18-11-8-13-4-1-2-7-17(13)18/h1-8,11-12,16,18,21,27H,9-10H2. The molecule has 0 amide bonds. The van der Waals surface area contributed by atoms with E-state index in [-0.39, 0.29) is 28.9 Å². The SMILES string of the molecule is O=C1C(c2cccc(C(F)(F)F)c2)=C(NC2CC2)OC1C1C=Cc2ccccc21. The Morgan fingerprint density at radius 3 is 2.59 bits per heavy atom. The maximum Gasteiger partial charge on any atom is 0.416 e. The van der Waals surface area contributed by atoms with Crippen molar-refractivity contribution in [2.45, 2.75) is 37.1 Å². The summed E-state index contributed by atoms with van der Waals surface area (Å²) in [5.41, 5.74) is 1.66. The average Bonchev–Trinajstić information content (AvgIpc) is 3.32. The number of ether oxygens (including phenoxy) is 1. The molecule has 3 aliphatic rings. The summed E-state index contributed by atoms with van der Waals surface area (Å²) in [5.74, 6) is -0.267. The number of alkyl halides is 3. The molecule has 1 heterocycles. The van der Waals surface area contributed by atoms with E-state index < -0.39 is 17.8 Å². The Balaban J connectivity index is 1.53. The van der Waals surface area contributed by atoms with Gasteiger partial charge in [0, 0.05) is 12.0 Å². The molecule has 2 aromatic rings. The van der Waals surface area contributed by atoms with Crippen LogP contribution in [0.4, 0.5) is 13.2 Å². The van der Waals surface area contributed by atoms with Gasteiger partial charge in [-0.25, -0.2) is 0 Å². The van der Waals surface area contributed by atoms with Crippen LogP contribution in [0.5, 0.6) is 0 Å². The fraction of sp³-hybridized carbons (Fsp3) is 0.261. The summed E-state index contributed by atoms with van der Waals surface area (Å²) in [5, 5.41) is 3.20. The molecule has 0 bridgehead atoms. The van der Waals surface area contributed by atoms with E-state index in [1.807, 2.05) is 36.4 Å². The molecule has 1 N–H and O–H groups in total. The van der Waals surface area contributed by atoms with E-state index in [2.05, 4.69) is 5.32 Å². The number of fused-ring (bicyclic) bond motifs is 1. The van der Waals surface area contributed by atoms with Crippen LogP contribution in [-0.2, 0) is 15.7 Å². The van der Waals surface area contributed by atoms with Crippen molar-refractivity contribution >= 4 is 17.4 Å². The molecule has 0 aromatic heterocycles. The molecule has 0 spiro atoms. The molecule has 3 nitrogen and oxygen atoms in total. The van der Waals surface area contributed by atoms with Crippen LogP contribution in [0.2, 0.25) is 0 Å². The maximum absolute atomic E-state index is 13.3. The first-order valence-electron chi connectivity index (χ1n) is 9.58. The van der Waals surface area contributed by atoms with E-state index in [0.717, 1.165) is 36.1 Å². The number of hydrogen-bond donors (Lipinski definition) is 1. The van der Waals surface area contributed by atoms with Crippen molar-refractivity contribution < 1.29 is 22.7 Å². The molecule has 5 rings (SSSR count). The minimum atomic E-state index is -4.48. The third-order valence-electron chi connectivity index (χ3n) is 5.53. The van der Waals surface area contributed by atoms with E-state index >= 15 is 0 Å². The summed E-state index contributed by atoms with van der Waals surface area (Å²) in [4.78, 5) is 13.3. The monoisotopic (exact) mass is 397 g/mol. The smallest absolute Gasteiger partial charge is 0.416 e. The predicted octanol–water partition coefficient (Wildman–Crippen LogP) is 4.90. The third-order valence-corrected chi connectivity index (χ3v) is 5.53. The Hall–Kier alpha value is -3.02. The Morgan fingerprint density at radius 1 is 1.03 bits per heavy atom. The first-order chi connectivity index (χ1) is 13.9. The van der Waals surface area contributed by atoms with Crippen LogP contribution < -0.4 is 5.32 Å². The molecular formula is C23H18F3NO2. The highest BCUT2D eigenvalue weighted by Crippen LogP contribution is 2.42. The largest absolute Gasteiger partial charge is 0.466 e. The first kappa shape index (κ1) is 18.0. The molecule has 6 heteroatoms. The van der Waals surface area contributed by atoms with Gasteiger partial charge in [0.05, 0.1) is 11.1 Å². The number of carbonyl (C=O) groups is 1. The summed E-state index contributed by atoms with van der Waals surface area (Å²) in [6.45, 7) is 0. The molecule has 2 aromatic carbocycles. The van der Waals surface area contributed by atoms with Gasteiger partial charge >= 0.3 is 6.18 Å². The van der Waals surface area contributed by atoms with E-state index in [0.29, 0.717) is 5.88 Å². The number of nitrogens with one attached hydrogen (secondary N) is 1. The number of halogens is 3. The Morgan fingerprint density at radius 2 is 1.83 bits per heavy atom. The summed E-state index contributed by atoms with van der Waals surface area (Å²) in [6.07, 6.45) is 0.516. The minimum Gasteiger partial charge on any atom is -0.466 e. The van der Waals surface area contributed by atoms with E-state index in [1.54, 1.807) is 0 Å². The van der Waals surface area contributed by atoms with Crippen LogP contribution in [0, 0.1) is 0 Å². The van der Waals surface area contributed by atoms with Gasteiger partial charge in [-0.15, -0.1) is 0 Å². The van der Waals surface area contributed by atoms with Gasteiger partial charge in [0.1, 0.15) is 0 Å². The topological polar surface area (TPSA) is 38.3 Å². The molecule has 2 aliphatic carbocycles. The van der Waals surface area contributed by atoms with Gasteiger partial charge in [0.2, 0.25) is 5.78 Å². The Labute approximate surface area is 165 Å². The van der Waals surface area contributed by atoms with Crippen LogP contribution >= 0.6 is 0 Å². The second-order valence-corrected chi connectivity index (χ2v) is 7.62. The molecule has 0 saturated heterocycles. The second-order valence-electron chi connectivity index (χ2n) is 7.62. The zero-order chi connectivity index (χ0) is 20.2. The molecule has 2 unspecified atom stereocenters. The molecule has 29 heavy (non-hydrogen) atoms. The molecule has 148 valence electrons. The van der Waals surface area contributed by atoms with Gasteiger partial charge in [-0.3, -0.25) is 4.79 Å². The normalized spacial score (nSPS) is 23.3.